The third-order valence-electron chi connectivity index (χ3n) is 3.93. The molecule has 0 aliphatic heterocycles. The van der Waals surface area contributed by atoms with E-state index in [0.717, 1.165) is 35.3 Å². The third kappa shape index (κ3) is 8.74. The van der Waals surface area contributed by atoms with Crippen LogP contribution in [0.1, 0.15) is 28.4 Å². The minimum atomic E-state index is -0.0171. The number of aliphatic imine (C=N–C) groups is 1. The van der Waals surface area contributed by atoms with E-state index < -0.39 is 0 Å². The SMILES string of the molecule is CN=C(NCCCC(=O)Nc1ccc(Cl)cc1)NCCc1nc(C)c(C)s1.I. The summed E-state index contributed by atoms with van der Waals surface area (Å²) in [6, 6.07) is 7.08. The van der Waals surface area contributed by atoms with Gasteiger partial charge in [0.25, 0.3) is 0 Å². The maximum absolute atomic E-state index is 11.9. The van der Waals surface area contributed by atoms with Crippen LogP contribution >= 0.6 is 46.9 Å². The molecule has 0 radical (unpaired) electrons. The smallest absolute Gasteiger partial charge is 0.224 e. The molecule has 0 aliphatic rings. The maximum atomic E-state index is 11.9. The first-order valence-electron chi connectivity index (χ1n) is 8.90. The maximum Gasteiger partial charge on any atom is 0.224 e. The zero-order valence-corrected chi connectivity index (χ0v) is 20.2. The fraction of sp³-hybridized carbons (Fsp3) is 0.421. The Labute approximate surface area is 192 Å². The minimum Gasteiger partial charge on any atom is -0.356 e. The Balaban J connectivity index is 0.00000392. The van der Waals surface area contributed by atoms with Crippen LogP contribution in [0.3, 0.4) is 0 Å². The van der Waals surface area contributed by atoms with Crippen LogP contribution < -0.4 is 16.0 Å². The fourth-order valence-electron chi connectivity index (χ4n) is 2.37. The number of nitrogens with zero attached hydrogens (tertiary/aromatic N) is 2. The number of halogens is 2. The summed E-state index contributed by atoms with van der Waals surface area (Å²) in [5.41, 5.74) is 1.86. The Morgan fingerprint density at radius 3 is 2.46 bits per heavy atom. The van der Waals surface area contributed by atoms with Crippen molar-refractivity contribution in [2.45, 2.75) is 33.1 Å². The monoisotopic (exact) mass is 535 g/mol. The molecule has 0 saturated heterocycles. The number of amides is 1. The molecule has 1 heterocycles. The number of hydrogen-bond acceptors (Lipinski definition) is 4. The molecule has 2 rings (SSSR count). The van der Waals surface area contributed by atoms with E-state index in [1.54, 1.807) is 42.6 Å². The molecule has 0 atom stereocenters. The molecule has 1 aromatic carbocycles. The van der Waals surface area contributed by atoms with Crippen molar-refractivity contribution < 1.29 is 4.79 Å². The van der Waals surface area contributed by atoms with Gasteiger partial charge in [-0.1, -0.05) is 11.6 Å². The Hall–Kier alpha value is -1.39. The number of nitrogens with one attached hydrogen (secondary N) is 3. The second-order valence-electron chi connectivity index (χ2n) is 6.08. The van der Waals surface area contributed by atoms with Gasteiger partial charge in [-0.05, 0) is 44.5 Å². The lowest BCUT2D eigenvalue weighted by Gasteiger charge is -2.11. The number of carbonyl (C=O) groups excluding carboxylic acids is 1. The lowest BCUT2D eigenvalue weighted by atomic mass is 10.2. The summed E-state index contributed by atoms with van der Waals surface area (Å²) in [5.74, 6) is 0.717. The normalized spacial score (nSPS) is 10.9. The molecule has 1 amide bonds. The van der Waals surface area contributed by atoms with Gasteiger partial charge < -0.3 is 16.0 Å². The molecular formula is C19H27ClIN5OS. The van der Waals surface area contributed by atoms with Gasteiger partial charge in [0.2, 0.25) is 5.91 Å². The summed E-state index contributed by atoms with van der Waals surface area (Å²) in [7, 11) is 1.74. The quantitative estimate of drug-likeness (QED) is 0.205. The van der Waals surface area contributed by atoms with Crippen molar-refractivity contribution in [1.82, 2.24) is 15.6 Å². The molecule has 0 unspecified atom stereocenters. The third-order valence-corrected chi connectivity index (χ3v) is 5.31. The van der Waals surface area contributed by atoms with Crippen LogP contribution in [0.2, 0.25) is 5.02 Å². The van der Waals surface area contributed by atoms with Crippen LogP contribution in [0.15, 0.2) is 29.3 Å². The van der Waals surface area contributed by atoms with Crippen LogP contribution in [-0.2, 0) is 11.2 Å². The summed E-state index contributed by atoms with van der Waals surface area (Å²) in [5, 5.41) is 11.1. The van der Waals surface area contributed by atoms with Gasteiger partial charge in [-0.3, -0.25) is 9.79 Å². The van der Waals surface area contributed by atoms with Crippen molar-refractivity contribution in [3.05, 3.63) is 44.9 Å². The number of rotatable bonds is 8. The van der Waals surface area contributed by atoms with E-state index in [1.807, 2.05) is 6.92 Å². The highest BCUT2D eigenvalue weighted by atomic mass is 127. The highest BCUT2D eigenvalue weighted by molar-refractivity contribution is 14.0. The molecule has 6 nitrogen and oxygen atoms in total. The molecule has 28 heavy (non-hydrogen) atoms. The van der Waals surface area contributed by atoms with Crippen LogP contribution in [0.4, 0.5) is 5.69 Å². The molecule has 0 aliphatic carbocycles. The van der Waals surface area contributed by atoms with Crippen molar-refractivity contribution in [1.29, 1.82) is 0 Å². The molecule has 2 aromatic rings. The average Bonchev–Trinajstić information content (AvgIpc) is 2.96. The fourth-order valence-corrected chi connectivity index (χ4v) is 3.43. The molecule has 9 heteroatoms. The van der Waals surface area contributed by atoms with E-state index in [2.05, 4.69) is 32.9 Å². The van der Waals surface area contributed by atoms with Gasteiger partial charge in [0.15, 0.2) is 5.96 Å². The highest BCUT2D eigenvalue weighted by Crippen LogP contribution is 2.16. The zero-order valence-electron chi connectivity index (χ0n) is 16.3. The van der Waals surface area contributed by atoms with Gasteiger partial charge in [0.1, 0.15) is 0 Å². The second kappa shape index (κ2) is 12.9. The molecule has 0 saturated carbocycles. The molecule has 3 N–H and O–H groups in total. The van der Waals surface area contributed by atoms with Crippen molar-refractivity contribution >= 4 is 64.5 Å². The number of hydrogen-bond donors (Lipinski definition) is 3. The van der Waals surface area contributed by atoms with Crippen molar-refractivity contribution in [3.8, 4) is 0 Å². The molecule has 154 valence electrons. The lowest BCUT2D eigenvalue weighted by Crippen LogP contribution is -2.38. The van der Waals surface area contributed by atoms with Crippen molar-refractivity contribution in [2.75, 3.05) is 25.5 Å². The van der Waals surface area contributed by atoms with Gasteiger partial charge in [-0.2, -0.15) is 0 Å². The first-order valence-corrected chi connectivity index (χ1v) is 10.1. The van der Waals surface area contributed by atoms with Crippen LogP contribution in [0.25, 0.3) is 0 Å². The van der Waals surface area contributed by atoms with E-state index in [0.29, 0.717) is 24.4 Å². The molecule has 0 bridgehead atoms. The number of carbonyl (C=O) groups is 1. The second-order valence-corrected chi connectivity index (χ2v) is 7.81. The summed E-state index contributed by atoms with van der Waals surface area (Å²) < 4.78 is 0. The summed E-state index contributed by atoms with van der Waals surface area (Å²) >= 11 is 7.57. The summed E-state index contributed by atoms with van der Waals surface area (Å²) in [6.07, 6.45) is 2.01. The Morgan fingerprint density at radius 1 is 1.18 bits per heavy atom. The predicted octanol–water partition coefficient (Wildman–Crippen LogP) is 4.16. The van der Waals surface area contributed by atoms with Crippen molar-refractivity contribution in [2.24, 2.45) is 4.99 Å². The van der Waals surface area contributed by atoms with E-state index in [4.69, 9.17) is 11.6 Å². The molecule has 0 fully saturated rings. The minimum absolute atomic E-state index is 0. The Morgan fingerprint density at radius 2 is 1.86 bits per heavy atom. The van der Waals surface area contributed by atoms with E-state index in [9.17, 15) is 4.79 Å². The topological polar surface area (TPSA) is 78.4 Å². The van der Waals surface area contributed by atoms with Crippen LogP contribution in [0, 0.1) is 13.8 Å². The Kier molecular flexibility index (Phi) is 11.4. The Bertz CT molecular complexity index is 760. The van der Waals surface area contributed by atoms with E-state index in [1.165, 1.54) is 4.88 Å². The first kappa shape index (κ1) is 24.6. The number of guanidine groups is 1. The molecule has 0 spiro atoms. The van der Waals surface area contributed by atoms with Crippen LogP contribution in [0.5, 0.6) is 0 Å². The first-order chi connectivity index (χ1) is 13.0. The molecular weight excluding hydrogens is 509 g/mol. The predicted molar refractivity (Wildman–Crippen MR) is 129 cm³/mol. The average molecular weight is 536 g/mol. The van der Waals surface area contributed by atoms with E-state index >= 15 is 0 Å². The standard InChI is InChI=1S/C19H26ClN5OS.HI/c1-13-14(2)27-18(24-13)10-12-23-19(21-3)22-11-4-5-17(26)25-16-8-6-15(20)7-9-16;/h6-9H,4-5,10-12H2,1-3H3,(H,25,26)(H2,21,22,23);1H. The number of aryl methyl sites for hydroxylation is 2. The van der Waals surface area contributed by atoms with Gasteiger partial charge in [0, 0.05) is 48.6 Å². The van der Waals surface area contributed by atoms with Gasteiger partial charge >= 0.3 is 0 Å². The van der Waals surface area contributed by atoms with Crippen LogP contribution in [-0.4, -0.2) is 37.0 Å². The zero-order chi connectivity index (χ0) is 19.6. The van der Waals surface area contributed by atoms with E-state index in [-0.39, 0.29) is 29.9 Å². The number of benzene rings is 1. The molecule has 1 aromatic heterocycles. The summed E-state index contributed by atoms with van der Waals surface area (Å²) in [6.45, 7) is 5.56. The lowest BCUT2D eigenvalue weighted by molar-refractivity contribution is -0.116. The largest absolute Gasteiger partial charge is 0.356 e. The van der Waals surface area contributed by atoms with Gasteiger partial charge in [-0.25, -0.2) is 4.98 Å². The van der Waals surface area contributed by atoms with Gasteiger partial charge in [0.05, 0.1) is 10.7 Å². The highest BCUT2D eigenvalue weighted by Gasteiger charge is 2.05. The summed E-state index contributed by atoms with van der Waals surface area (Å²) in [4.78, 5) is 21.9. The van der Waals surface area contributed by atoms with Crippen molar-refractivity contribution in [3.63, 3.8) is 0 Å². The number of anilines is 1. The van der Waals surface area contributed by atoms with Gasteiger partial charge in [-0.15, -0.1) is 35.3 Å². The number of thiazole rings is 1. The number of aromatic nitrogens is 1.